The Kier molecular flexibility index (Phi) is 4.54. The van der Waals surface area contributed by atoms with Crippen molar-refractivity contribution in [2.45, 2.75) is 38.1 Å². The van der Waals surface area contributed by atoms with E-state index in [9.17, 15) is 9.18 Å². The van der Waals surface area contributed by atoms with Gasteiger partial charge in [-0.15, -0.1) is 0 Å². The van der Waals surface area contributed by atoms with Crippen molar-refractivity contribution in [3.63, 3.8) is 0 Å². The van der Waals surface area contributed by atoms with Gasteiger partial charge in [-0.3, -0.25) is 4.90 Å². The van der Waals surface area contributed by atoms with E-state index in [1.807, 2.05) is 0 Å². The van der Waals surface area contributed by atoms with E-state index < -0.39 is 11.8 Å². The van der Waals surface area contributed by atoms with Crippen LogP contribution >= 0.6 is 0 Å². The molecule has 2 fully saturated rings. The summed E-state index contributed by atoms with van der Waals surface area (Å²) >= 11 is 0. The fourth-order valence-electron chi connectivity index (χ4n) is 3.65. The Balaban J connectivity index is 1.57. The van der Waals surface area contributed by atoms with Crippen LogP contribution in [0.5, 0.6) is 0 Å². The van der Waals surface area contributed by atoms with Crippen LogP contribution in [0.1, 0.15) is 42.5 Å². The van der Waals surface area contributed by atoms with Gasteiger partial charge >= 0.3 is 5.97 Å². The standard InChI is InChI=1S/C17H22FNO2/c18-15-7-3-5-13(11-15)17(20)21-12-14-6-4-10-19-9-2-1-8-16(14)19/h3,5,7,11,14,16H,1-2,4,6,8-10,12H2. The van der Waals surface area contributed by atoms with Gasteiger partial charge in [0.25, 0.3) is 0 Å². The fourth-order valence-corrected chi connectivity index (χ4v) is 3.65. The minimum absolute atomic E-state index is 0.298. The highest BCUT2D eigenvalue weighted by atomic mass is 19.1. The lowest BCUT2D eigenvalue weighted by molar-refractivity contribution is 0.00736. The van der Waals surface area contributed by atoms with E-state index in [0.29, 0.717) is 24.1 Å². The number of nitrogens with zero attached hydrogens (tertiary/aromatic N) is 1. The molecule has 0 aromatic heterocycles. The minimum Gasteiger partial charge on any atom is -0.462 e. The lowest BCUT2D eigenvalue weighted by Gasteiger charge is -2.44. The third kappa shape index (κ3) is 3.43. The molecule has 0 radical (unpaired) electrons. The predicted octanol–water partition coefficient (Wildman–Crippen LogP) is 3.25. The Morgan fingerprint density at radius 3 is 2.95 bits per heavy atom. The van der Waals surface area contributed by atoms with Crippen LogP contribution in [-0.4, -0.2) is 36.6 Å². The van der Waals surface area contributed by atoms with E-state index in [0.717, 1.165) is 6.42 Å². The fraction of sp³-hybridized carbons (Fsp3) is 0.588. The van der Waals surface area contributed by atoms with Crippen LogP contribution in [0.2, 0.25) is 0 Å². The molecule has 2 aliphatic rings. The molecule has 3 rings (SSSR count). The smallest absolute Gasteiger partial charge is 0.338 e. The average Bonchev–Trinajstić information content (AvgIpc) is 2.52. The van der Waals surface area contributed by atoms with Crippen molar-refractivity contribution in [3.05, 3.63) is 35.6 Å². The molecular formula is C17H22FNO2. The zero-order chi connectivity index (χ0) is 14.7. The first-order valence-electron chi connectivity index (χ1n) is 7.91. The van der Waals surface area contributed by atoms with Crippen molar-refractivity contribution >= 4 is 5.97 Å². The molecule has 0 spiro atoms. The van der Waals surface area contributed by atoms with Crippen molar-refractivity contribution in [2.75, 3.05) is 19.7 Å². The highest BCUT2D eigenvalue weighted by Gasteiger charge is 2.33. The number of carbonyl (C=O) groups is 1. The maximum absolute atomic E-state index is 13.1. The SMILES string of the molecule is O=C(OCC1CCCN2CCCCC12)c1cccc(F)c1. The van der Waals surface area contributed by atoms with Crippen molar-refractivity contribution in [1.29, 1.82) is 0 Å². The van der Waals surface area contributed by atoms with Gasteiger partial charge in [0.1, 0.15) is 5.82 Å². The first-order chi connectivity index (χ1) is 10.2. The quantitative estimate of drug-likeness (QED) is 0.801. The zero-order valence-corrected chi connectivity index (χ0v) is 12.3. The Hall–Kier alpha value is -1.42. The molecule has 2 unspecified atom stereocenters. The summed E-state index contributed by atoms with van der Waals surface area (Å²) in [5.41, 5.74) is 0.298. The maximum atomic E-state index is 13.1. The van der Waals surface area contributed by atoms with Gasteiger partial charge in [0, 0.05) is 12.0 Å². The van der Waals surface area contributed by atoms with Crippen LogP contribution in [0.25, 0.3) is 0 Å². The first-order valence-corrected chi connectivity index (χ1v) is 7.91. The number of hydrogen-bond donors (Lipinski definition) is 0. The number of fused-ring (bicyclic) bond motifs is 1. The molecule has 3 nitrogen and oxygen atoms in total. The minimum atomic E-state index is -0.414. The van der Waals surface area contributed by atoms with E-state index in [-0.39, 0.29) is 0 Å². The summed E-state index contributed by atoms with van der Waals surface area (Å²) in [6.07, 6.45) is 6.07. The topological polar surface area (TPSA) is 29.5 Å². The third-order valence-corrected chi connectivity index (χ3v) is 4.72. The van der Waals surface area contributed by atoms with Gasteiger partial charge in [0.2, 0.25) is 0 Å². The molecule has 0 bridgehead atoms. The zero-order valence-electron chi connectivity index (χ0n) is 12.3. The molecule has 21 heavy (non-hydrogen) atoms. The van der Waals surface area contributed by atoms with Gasteiger partial charge in [-0.2, -0.15) is 0 Å². The van der Waals surface area contributed by atoms with Gasteiger partial charge in [-0.25, -0.2) is 9.18 Å². The van der Waals surface area contributed by atoms with Crippen molar-refractivity contribution in [2.24, 2.45) is 5.92 Å². The van der Waals surface area contributed by atoms with Crippen molar-refractivity contribution in [3.8, 4) is 0 Å². The Morgan fingerprint density at radius 1 is 1.24 bits per heavy atom. The largest absolute Gasteiger partial charge is 0.462 e. The average molecular weight is 291 g/mol. The van der Waals surface area contributed by atoms with Gasteiger partial charge in [0.05, 0.1) is 12.2 Å². The van der Waals surface area contributed by atoms with E-state index in [4.69, 9.17) is 4.74 Å². The second-order valence-electron chi connectivity index (χ2n) is 6.11. The summed E-state index contributed by atoms with van der Waals surface area (Å²) in [4.78, 5) is 14.5. The molecule has 2 aliphatic heterocycles. The second kappa shape index (κ2) is 6.56. The van der Waals surface area contributed by atoms with E-state index in [1.54, 1.807) is 6.07 Å². The number of rotatable bonds is 3. The lowest BCUT2D eigenvalue weighted by atomic mass is 9.84. The molecule has 114 valence electrons. The Bertz CT molecular complexity index is 503. The van der Waals surface area contributed by atoms with Gasteiger partial charge in [-0.1, -0.05) is 12.5 Å². The molecule has 2 saturated heterocycles. The molecule has 0 saturated carbocycles. The summed E-state index contributed by atoms with van der Waals surface area (Å²) in [7, 11) is 0. The molecule has 1 aromatic rings. The van der Waals surface area contributed by atoms with Crippen LogP contribution in [0.3, 0.4) is 0 Å². The molecule has 0 amide bonds. The van der Waals surface area contributed by atoms with Crippen LogP contribution < -0.4 is 0 Å². The van der Waals surface area contributed by atoms with Crippen LogP contribution in [0.4, 0.5) is 4.39 Å². The number of piperidine rings is 2. The highest BCUT2D eigenvalue weighted by Crippen LogP contribution is 2.31. The second-order valence-corrected chi connectivity index (χ2v) is 6.11. The molecule has 1 aromatic carbocycles. The Morgan fingerprint density at radius 2 is 2.10 bits per heavy atom. The first kappa shape index (κ1) is 14.5. The van der Waals surface area contributed by atoms with E-state index in [2.05, 4.69) is 4.90 Å². The number of halogens is 1. The number of ether oxygens (including phenoxy) is 1. The highest BCUT2D eigenvalue weighted by molar-refractivity contribution is 5.89. The summed E-state index contributed by atoms with van der Waals surface area (Å²) < 4.78 is 18.6. The summed E-state index contributed by atoms with van der Waals surface area (Å²) in [5.74, 6) is -0.389. The molecule has 2 heterocycles. The summed E-state index contributed by atoms with van der Waals surface area (Å²) in [6.45, 7) is 2.81. The van der Waals surface area contributed by atoms with E-state index >= 15 is 0 Å². The summed E-state index contributed by atoms with van der Waals surface area (Å²) in [5, 5.41) is 0. The van der Waals surface area contributed by atoms with Crippen LogP contribution in [-0.2, 0) is 4.74 Å². The van der Waals surface area contributed by atoms with Gasteiger partial charge in [0.15, 0.2) is 0 Å². The number of benzene rings is 1. The van der Waals surface area contributed by atoms with Crippen molar-refractivity contribution < 1.29 is 13.9 Å². The molecule has 0 aliphatic carbocycles. The Labute approximate surface area is 125 Å². The molecular weight excluding hydrogens is 269 g/mol. The monoisotopic (exact) mass is 291 g/mol. The predicted molar refractivity (Wildman–Crippen MR) is 78.6 cm³/mol. The maximum Gasteiger partial charge on any atom is 0.338 e. The molecule has 4 heteroatoms. The van der Waals surface area contributed by atoms with Crippen LogP contribution in [0, 0.1) is 11.7 Å². The molecule has 2 atom stereocenters. The van der Waals surface area contributed by atoms with Gasteiger partial charge < -0.3 is 4.74 Å². The summed E-state index contributed by atoms with van der Waals surface area (Å²) in [6, 6.07) is 6.26. The number of carbonyl (C=O) groups excluding carboxylic acids is 1. The van der Waals surface area contributed by atoms with Crippen molar-refractivity contribution in [1.82, 2.24) is 4.90 Å². The molecule has 0 N–H and O–H groups in total. The third-order valence-electron chi connectivity index (χ3n) is 4.72. The number of esters is 1. The van der Waals surface area contributed by atoms with Gasteiger partial charge in [-0.05, 0) is 57.0 Å². The van der Waals surface area contributed by atoms with E-state index in [1.165, 1.54) is 57.0 Å². The normalized spacial score (nSPS) is 26.1. The lowest BCUT2D eigenvalue weighted by Crippen LogP contribution is -2.49. The number of hydrogen-bond acceptors (Lipinski definition) is 3. The van der Waals surface area contributed by atoms with Crippen LogP contribution in [0.15, 0.2) is 24.3 Å².